The molecule has 0 aromatic heterocycles. The average Bonchev–Trinajstić information content (AvgIpc) is 2.46. The Kier molecular flexibility index (Phi) is 4.91. The molecule has 1 saturated heterocycles. The van der Waals surface area contributed by atoms with E-state index in [2.05, 4.69) is 4.74 Å². The lowest BCUT2D eigenvalue weighted by atomic mass is 10.0. The predicted molar refractivity (Wildman–Crippen MR) is 79.9 cm³/mol. The van der Waals surface area contributed by atoms with Crippen LogP contribution < -0.4 is 0 Å². The molecule has 0 aliphatic carbocycles. The minimum atomic E-state index is -3.70. The fourth-order valence-corrected chi connectivity index (χ4v) is 4.55. The maximum atomic E-state index is 12.7. The summed E-state index contributed by atoms with van der Waals surface area (Å²) in [5.74, 6) is -0.272. The number of sulfonamides is 1. The first kappa shape index (κ1) is 16.3. The van der Waals surface area contributed by atoms with Crippen LogP contribution in [0.3, 0.4) is 0 Å². The first-order valence-electron chi connectivity index (χ1n) is 6.74. The van der Waals surface area contributed by atoms with Gasteiger partial charge < -0.3 is 4.74 Å². The average molecular weight is 332 g/mol. The molecule has 116 valence electrons. The monoisotopic (exact) mass is 331 g/mol. The summed E-state index contributed by atoms with van der Waals surface area (Å²) in [6.45, 7) is 2.97. The highest BCUT2D eigenvalue weighted by Crippen LogP contribution is 2.29. The predicted octanol–water partition coefficient (Wildman–Crippen LogP) is 2.55. The van der Waals surface area contributed by atoms with E-state index in [1.165, 1.54) is 29.6 Å². The van der Waals surface area contributed by atoms with Crippen LogP contribution in [0.5, 0.6) is 0 Å². The zero-order valence-electron chi connectivity index (χ0n) is 12.0. The molecule has 1 unspecified atom stereocenters. The molecule has 1 aromatic rings. The lowest BCUT2D eigenvalue weighted by molar-refractivity contribution is 0.0600. The van der Waals surface area contributed by atoms with Gasteiger partial charge in [-0.25, -0.2) is 13.2 Å². The van der Waals surface area contributed by atoms with E-state index in [0.29, 0.717) is 19.0 Å². The normalized spacial score (nSPS) is 20.2. The van der Waals surface area contributed by atoms with Crippen molar-refractivity contribution in [2.24, 2.45) is 5.92 Å². The van der Waals surface area contributed by atoms with Crippen LogP contribution in [-0.4, -0.2) is 38.9 Å². The maximum Gasteiger partial charge on any atom is 0.337 e. The van der Waals surface area contributed by atoms with E-state index in [-0.39, 0.29) is 15.5 Å². The molecule has 21 heavy (non-hydrogen) atoms. The highest BCUT2D eigenvalue weighted by molar-refractivity contribution is 7.89. The van der Waals surface area contributed by atoms with Crippen molar-refractivity contribution in [2.45, 2.75) is 24.7 Å². The summed E-state index contributed by atoms with van der Waals surface area (Å²) in [5.41, 5.74) is 0.172. The number of rotatable bonds is 3. The molecule has 1 heterocycles. The number of hydrogen-bond donors (Lipinski definition) is 0. The summed E-state index contributed by atoms with van der Waals surface area (Å²) < 4.78 is 31.5. The van der Waals surface area contributed by atoms with Gasteiger partial charge in [-0.15, -0.1) is 0 Å². The number of hydrogen-bond acceptors (Lipinski definition) is 4. The maximum absolute atomic E-state index is 12.7. The summed E-state index contributed by atoms with van der Waals surface area (Å²) >= 11 is 6.03. The standard InChI is InChI=1S/C14H18ClNO4S/c1-10-4-3-7-16(9-10)21(18,19)13-8-11(14(17)20-2)5-6-12(13)15/h5-6,8,10H,3-4,7,9H2,1-2H3. The molecule has 0 radical (unpaired) electrons. The highest BCUT2D eigenvalue weighted by Gasteiger charge is 2.30. The summed E-state index contributed by atoms with van der Waals surface area (Å²) in [6, 6.07) is 4.14. The number of esters is 1. The Bertz CT molecular complexity index is 644. The number of nitrogens with zero attached hydrogens (tertiary/aromatic N) is 1. The van der Waals surface area contributed by atoms with E-state index < -0.39 is 16.0 Å². The van der Waals surface area contributed by atoms with Gasteiger partial charge in [0, 0.05) is 13.1 Å². The second kappa shape index (κ2) is 6.34. The van der Waals surface area contributed by atoms with Gasteiger partial charge in [-0.1, -0.05) is 18.5 Å². The first-order chi connectivity index (χ1) is 9.86. The minimum absolute atomic E-state index is 0.0406. The second-order valence-electron chi connectivity index (χ2n) is 5.25. The van der Waals surface area contributed by atoms with Crippen molar-refractivity contribution in [2.75, 3.05) is 20.2 Å². The molecule has 0 amide bonds. The molecule has 1 aromatic carbocycles. The molecule has 0 N–H and O–H groups in total. The Labute approximate surface area is 129 Å². The molecule has 7 heteroatoms. The van der Waals surface area contributed by atoms with E-state index in [1.54, 1.807) is 0 Å². The Morgan fingerprint density at radius 2 is 2.14 bits per heavy atom. The molecule has 1 fully saturated rings. The zero-order chi connectivity index (χ0) is 15.6. The van der Waals surface area contributed by atoms with Crippen LogP contribution in [0.15, 0.2) is 23.1 Å². The van der Waals surface area contributed by atoms with Crippen LogP contribution in [0.4, 0.5) is 0 Å². The van der Waals surface area contributed by atoms with Crippen molar-refractivity contribution in [3.05, 3.63) is 28.8 Å². The molecular formula is C14H18ClNO4S. The molecule has 0 saturated carbocycles. The van der Waals surface area contributed by atoms with Gasteiger partial charge in [0.05, 0.1) is 17.7 Å². The van der Waals surface area contributed by atoms with Gasteiger partial charge in [-0.2, -0.15) is 4.31 Å². The second-order valence-corrected chi connectivity index (χ2v) is 7.56. The van der Waals surface area contributed by atoms with Crippen LogP contribution in [0.1, 0.15) is 30.1 Å². The first-order valence-corrected chi connectivity index (χ1v) is 8.56. The van der Waals surface area contributed by atoms with Gasteiger partial charge in [-0.05, 0) is 37.0 Å². The number of halogens is 1. The largest absolute Gasteiger partial charge is 0.465 e. The lowest BCUT2D eigenvalue weighted by Crippen LogP contribution is -2.39. The van der Waals surface area contributed by atoms with Crippen molar-refractivity contribution >= 4 is 27.6 Å². The smallest absolute Gasteiger partial charge is 0.337 e. The van der Waals surface area contributed by atoms with Crippen molar-refractivity contribution in [1.82, 2.24) is 4.31 Å². The van der Waals surface area contributed by atoms with E-state index in [9.17, 15) is 13.2 Å². The third-order valence-corrected chi connectivity index (χ3v) is 5.94. The fraction of sp³-hybridized carbons (Fsp3) is 0.500. The summed E-state index contributed by atoms with van der Waals surface area (Å²) in [7, 11) is -2.45. The van der Waals surface area contributed by atoms with Gasteiger partial charge in [0.15, 0.2) is 0 Å². The van der Waals surface area contributed by atoms with Gasteiger partial charge in [-0.3, -0.25) is 0 Å². The molecular weight excluding hydrogens is 314 g/mol. The Hall–Kier alpha value is -1.11. The van der Waals surface area contributed by atoms with Crippen LogP contribution in [0, 0.1) is 5.92 Å². The van der Waals surface area contributed by atoms with Crippen molar-refractivity contribution in [1.29, 1.82) is 0 Å². The van der Waals surface area contributed by atoms with Crippen LogP contribution in [-0.2, 0) is 14.8 Å². The number of benzene rings is 1. The Morgan fingerprint density at radius 1 is 1.43 bits per heavy atom. The molecule has 1 atom stereocenters. The quantitative estimate of drug-likeness (QED) is 0.798. The summed E-state index contributed by atoms with van der Waals surface area (Å²) in [6.07, 6.45) is 1.84. The Balaban J connectivity index is 2.41. The van der Waals surface area contributed by atoms with Crippen molar-refractivity contribution < 1.29 is 17.9 Å². The molecule has 1 aliphatic rings. The van der Waals surface area contributed by atoms with Crippen LogP contribution in [0.2, 0.25) is 5.02 Å². The van der Waals surface area contributed by atoms with Crippen molar-refractivity contribution in [3.8, 4) is 0 Å². The molecule has 0 spiro atoms. The molecule has 5 nitrogen and oxygen atoms in total. The number of carbonyl (C=O) groups is 1. The number of piperidine rings is 1. The van der Waals surface area contributed by atoms with Crippen LogP contribution >= 0.6 is 11.6 Å². The summed E-state index contributed by atoms with van der Waals surface area (Å²) in [4.78, 5) is 11.5. The van der Waals surface area contributed by atoms with E-state index in [0.717, 1.165) is 12.8 Å². The number of methoxy groups -OCH3 is 1. The topological polar surface area (TPSA) is 63.7 Å². The minimum Gasteiger partial charge on any atom is -0.465 e. The Morgan fingerprint density at radius 3 is 2.76 bits per heavy atom. The van der Waals surface area contributed by atoms with E-state index in [4.69, 9.17) is 11.6 Å². The number of carbonyl (C=O) groups excluding carboxylic acids is 1. The molecule has 0 bridgehead atoms. The third kappa shape index (κ3) is 3.39. The molecule has 2 rings (SSSR count). The van der Waals surface area contributed by atoms with Crippen molar-refractivity contribution in [3.63, 3.8) is 0 Å². The van der Waals surface area contributed by atoms with E-state index >= 15 is 0 Å². The molecule has 1 aliphatic heterocycles. The van der Waals surface area contributed by atoms with Crippen LogP contribution in [0.25, 0.3) is 0 Å². The third-order valence-electron chi connectivity index (χ3n) is 3.59. The van der Waals surface area contributed by atoms with Gasteiger partial charge in [0.25, 0.3) is 0 Å². The fourth-order valence-electron chi connectivity index (χ4n) is 2.45. The SMILES string of the molecule is COC(=O)c1ccc(Cl)c(S(=O)(=O)N2CCCC(C)C2)c1. The van der Waals surface area contributed by atoms with Gasteiger partial charge in [0.2, 0.25) is 10.0 Å². The van der Waals surface area contributed by atoms with Gasteiger partial charge >= 0.3 is 5.97 Å². The van der Waals surface area contributed by atoms with E-state index in [1.807, 2.05) is 6.92 Å². The van der Waals surface area contributed by atoms with Gasteiger partial charge in [0.1, 0.15) is 4.90 Å². The zero-order valence-corrected chi connectivity index (χ0v) is 13.6. The summed E-state index contributed by atoms with van der Waals surface area (Å²) in [5, 5.41) is 0.112. The number of ether oxygens (including phenoxy) is 1. The lowest BCUT2D eigenvalue weighted by Gasteiger charge is -2.30. The highest BCUT2D eigenvalue weighted by atomic mass is 35.5.